The Bertz CT molecular complexity index is 1790. The molecule has 0 unspecified atom stereocenters. The molecule has 0 radical (unpaired) electrons. The Labute approximate surface area is 239 Å². The number of allylic oxidation sites excluding steroid dienone is 1. The molecule has 0 saturated heterocycles. The molecule has 1 spiro atoms. The number of amides is 1. The number of methoxy groups -OCH3 is 3. The first-order valence-electron chi connectivity index (χ1n) is 13.0. The number of fused-ring (bicyclic) bond motifs is 2. The van der Waals surface area contributed by atoms with E-state index in [0.29, 0.717) is 17.0 Å². The maximum absolute atomic E-state index is 14.6. The second-order valence-corrected chi connectivity index (χ2v) is 10.9. The molecule has 1 aromatic heterocycles. The van der Waals surface area contributed by atoms with Gasteiger partial charge in [-0.2, -0.15) is 0 Å². The van der Waals surface area contributed by atoms with Gasteiger partial charge in [-0.1, -0.05) is 18.5 Å². The van der Waals surface area contributed by atoms with Crippen molar-refractivity contribution in [2.45, 2.75) is 31.3 Å². The highest BCUT2D eigenvalue weighted by Gasteiger charge is 2.63. The third-order valence-corrected chi connectivity index (χ3v) is 8.75. The third kappa shape index (κ3) is 3.63. The van der Waals surface area contributed by atoms with Crippen LogP contribution in [0.4, 0.5) is 0 Å². The molecule has 1 aliphatic carbocycles. The predicted octanol–water partition coefficient (Wildman–Crippen LogP) is 3.70. The molecular weight excluding hydrogens is 552 g/mol. The molecule has 1 N–H and O–H groups in total. The summed E-state index contributed by atoms with van der Waals surface area (Å²) in [6.45, 7) is 1.71. The number of aryl methyl sites for hydroxylation is 1. The van der Waals surface area contributed by atoms with E-state index in [1.165, 1.54) is 32.0 Å². The molecule has 0 bridgehead atoms. The van der Waals surface area contributed by atoms with Crippen LogP contribution in [0.2, 0.25) is 5.02 Å². The van der Waals surface area contributed by atoms with Crippen molar-refractivity contribution >= 4 is 40.0 Å². The van der Waals surface area contributed by atoms with Gasteiger partial charge in [-0.3, -0.25) is 19.2 Å². The third-order valence-electron chi connectivity index (χ3n) is 8.40. The van der Waals surface area contributed by atoms with E-state index in [9.17, 15) is 19.2 Å². The molecule has 1 amide bonds. The minimum atomic E-state index is -1.96. The number of pyridine rings is 1. The van der Waals surface area contributed by atoms with Crippen molar-refractivity contribution in [3.63, 3.8) is 0 Å². The summed E-state index contributed by atoms with van der Waals surface area (Å²) in [5.74, 6) is -2.13. The first kappa shape index (κ1) is 26.9. The summed E-state index contributed by atoms with van der Waals surface area (Å²) in [5.41, 5.74) is -0.812. The van der Waals surface area contributed by atoms with Gasteiger partial charge in [0, 0.05) is 54.3 Å². The lowest BCUT2D eigenvalue weighted by Gasteiger charge is -2.41. The monoisotopic (exact) mass is 578 g/mol. The zero-order valence-electron chi connectivity index (χ0n) is 23.0. The maximum Gasteiger partial charge on any atom is 0.254 e. The molecule has 3 heterocycles. The molecule has 11 heteroatoms. The van der Waals surface area contributed by atoms with Crippen LogP contribution in [0.5, 0.6) is 23.0 Å². The zero-order chi connectivity index (χ0) is 29.4. The highest BCUT2D eigenvalue weighted by atomic mass is 35.5. The second kappa shape index (κ2) is 9.37. The van der Waals surface area contributed by atoms with Crippen LogP contribution in [0.3, 0.4) is 0 Å². The van der Waals surface area contributed by atoms with Crippen LogP contribution in [-0.4, -0.2) is 49.0 Å². The summed E-state index contributed by atoms with van der Waals surface area (Å²) in [5, 5.41) is 3.59. The van der Waals surface area contributed by atoms with Crippen LogP contribution in [0.25, 0.3) is 10.9 Å². The van der Waals surface area contributed by atoms with E-state index >= 15 is 0 Å². The van der Waals surface area contributed by atoms with Gasteiger partial charge in [0.15, 0.2) is 5.75 Å². The summed E-state index contributed by atoms with van der Waals surface area (Å²) in [4.78, 5) is 55.3. The van der Waals surface area contributed by atoms with Gasteiger partial charge in [0.2, 0.25) is 23.1 Å². The van der Waals surface area contributed by atoms with E-state index in [1.807, 2.05) is 6.07 Å². The van der Waals surface area contributed by atoms with Crippen molar-refractivity contribution in [1.29, 1.82) is 0 Å². The number of hydrogen-bond acceptors (Lipinski definition) is 8. The fourth-order valence-corrected chi connectivity index (χ4v) is 6.57. The smallest absolute Gasteiger partial charge is 0.254 e. The van der Waals surface area contributed by atoms with Crippen molar-refractivity contribution in [3.05, 3.63) is 68.1 Å². The van der Waals surface area contributed by atoms with Crippen molar-refractivity contribution in [2.24, 2.45) is 13.0 Å². The van der Waals surface area contributed by atoms with E-state index in [-0.39, 0.29) is 63.3 Å². The lowest BCUT2D eigenvalue weighted by atomic mass is 9.66. The quantitative estimate of drug-likeness (QED) is 0.465. The van der Waals surface area contributed by atoms with Crippen molar-refractivity contribution in [2.75, 3.05) is 21.3 Å². The van der Waals surface area contributed by atoms with Gasteiger partial charge in [-0.25, -0.2) is 0 Å². The van der Waals surface area contributed by atoms with Crippen LogP contribution in [0.1, 0.15) is 41.6 Å². The van der Waals surface area contributed by atoms with Gasteiger partial charge in [0.1, 0.15) is 27.8 Å². The Morgan fingerprint density at radius 3 is 2.39 bits per heavy atom. The number of nitrogens with one attached hydrogen (secondary N) is 1. The molecule has 0 fully saturated rings. The van der Waals surface area contributed by atoms with Gasteiger partial charge in [0.05, 0.1) is 26.8 Å². The van der Waals surface area contributed by atoms with Crippen LogP contribution in [0.15, 0.2) is 46.4 Å². The standard InChI is InChI=1S/C30H27ClN2O8/c1-13-8-18-23(27(35)30(13)28(36)24-20(39-4)12-21(40-5)25(31)26(24)41-30)16(11-22(34)32-18)17-9-14-6-7-15(38-3)10-19(14)33(2)29(17)37/h6-7,9-10,12-13,16H,8,11H2,1-5H3,(H,32,34)/t13-,16-,30+/m1/s1. The van der Waals surface area contributed by atoms with E-state index in [1.54, 1.807) is 32.2 Å². The summed E-state index contributed by atoms with van der Waals surface area (Å²) in [6.07, 6.45) is 0.0101. The Morgan fingerprint density at radius 2 is 1.71 bits per heavy atom. The Morgan fingerprint density at radius 1 is 0.976 bits per heavy atom. The maximum atomic E-state index is 14.6. The summed E-state index contributed by atoms with van der Waals surface area (Å²) in [6, 6.07) is 8.49. The molecular formula is C30H27ClN2O8. The predicted molar refractivity (Wildman–Crippen MR) is 149 cm³/mol. The average Bonchev–Trinajstić information content (AvgIpc) is 3.28. The van der Waals surface area contributed by atoms with Gasteiger partial charge >= 0.3 is 0 Å². The number of ketones is 2. The second-order valence-electron chi connectivity index (χ2n) is 10.5. The van der Waals surface area contributed by atoms with Gasteiger partial charge in [-0.05, 0) is 30.0 Å². The molecule has 10 nitrogen and oxygen atoms in total. The van der Waals surface area contributed by atoms with Gasteiger partial charge in [0.25, 0.3) is 5.56 Å². The number of nitrogens with zero attached hydrogens (tertiary/aromatic N) is 1. The molecule has 2 aromatic carbocycles. The number of hydrogen-bond donors (Lipinski definition) is 1. The average molecular weight is 579 g/mol. The number of carbonyl (C=O) groups is 3. The van der Waals surface area contributed by atoms with Gasteiger partial charge in [-0.15, -0.1) is 0 Å². The fourth-order valence-electron chi connectivity index (χ4n) is 6.30. The Hall–Kier alpha value is -4.31. The molecule has 3 aliphatic rings. The van der Waals surface area contributed by atoms with Crippen LogP contribution in [0, 0.1) is 5.92 Å². The number of rotatable bonds is 4. The van der Waals surface area contributed by atoms with Crippen LogP contribution >= 0.6 is 11.6 Å². The minimum Gasteiger partial charge on any atom is -0.497 e. The minimum absolute atomic E-state index is 0.00378. The molecule has 2 aliphatic heterocycles. The summed E-state index contributed by atoms with van der Waals surface area (Å²) < 4.78 is 23.8. The number of aromatic nitrogens is 1. The number of benzene rings is 2. The number of halogens is 1. The van der Waals surface area contributed by atoms with E-state index in [2.05, 4.69) is 5.32 Å². The van der Waals surface area contributed by atoms with Gasteiger partial charge < -0.3 is 28.8 Å². The largest absolute Gasteiger partial charge is 0.497 e. The molecule has 6 rings (SSSR count). The van der Waals surface area contributed by atoms with Crippen LogP contribution in [-0.2, 0) is 16.6 Å². The summed E-state index contributed by atoms with van der Waals surface area (Å²) >= 11 is 6.55. The molecule has 212 valence electrons. The SMILES string of the molecule is COc1ccc2cc([C@H]3CC(=O)NC4=C3C(=O)[C@@]3(Oc5c(Cl)c(OC)cc(OC)c5C3=O)[C@H](C)C4)c(=O)n(C)c2c1. The normalized spacial score (nSPS) is 23.3. The van der Waals surface area contributed by atoms with E-state index in [4.69, 9.17) is 30.5 Å². The molecule has 3 aromatic rings. The fraction of sp³-hybridized carbons (Fsp3) is 0.333. The summed E-state index contributed by atoms with van der Waals surface area (Å²) in [7, 11) is 5.98. The molecule has 0 saturated carbocycles. The van der Waals surface area contributed by atoms with Crippen molar-refractivity contribution in [3.8, 4) is 23.0 Å². The Kier molecular flexibility index (Phi) is 6.15. The molecule has 41 heavy (non-hydrogen) atoms. The first-order valence-corrected chi connectivity index (χ1v) is 13.4. The van der Waals surface area contributed by atoms with E-state index < -0.39 is 29.0 Å². The van der Waals surface area contributed by atoms with Crippen molar-refractivity contribution in [1.82, 2.24) is 9.88 Å². The lowest BCUT2D eigenvalue weighted by Crippen LogP contribution is -2.59. The first-order chi connectivity index (χ1) is 19.6. The highest BCUT2D eigenvalue weighted by molar-refractivity contribution is 6.36. The lowest BCUT2D eigenvalue weighted by molar-refractivity contribution is -0.131. The Balaban J connectivity index is 1.53. The van der Waals surface area contributed by atoms with Crippen molar-refractivity contribution < 1.29 is 33.3 Å². The molecule has 3 atom stereocenters. The van der Waals surface area contributed by atoms with E-state index in [0.717, 1.165) is 5.39 Å². The number of carbonyl (C=O) groups excluding carboxylic acids is 3. The highest BCUT2D eigenvalue weighted by Crippen LogP contribution is 2.55. The topological polar surface area (TPSA) is 122 Å². The number of Topliss-reactive ketones (excluding diaryl/α,β-unsaturated/α-hetero) is 2. The number of ether oxygens (including phenoxy) is 4. The zero-order valence-corrected chi connectivity index (χ0v) is 23.8. The van der Waals surface area contributed by atoms with Crippen LogP contribution < -0.4 is 29.8 Å².